The molecular formula is C12H9BrFNOS2. The fraction of sp³-hybridized carbons (Fsp3) is 0.0833. The summed E-state index contributed by atoms with van der Waals surface area (Å²) in [6.07, 6.45) is 0. The molecule has 0 saturated carbocycles. The summed E-state index contributed by atoms with van der Waals surface area (Å²) in [5.41, 5.74) is 0.400. The maximum Gasteiger partial charge on any atom is 0.251 e. The van der Waals surface area contributed by atoms with Crippen LogP contribution in [0.5, 0.6) is 0 Å². The molecule has 0 atom stereocenters. The van der Waals surface area contributed by atoms with Crippen molar-refractivity contribution in [1.82, 2.24) is 5.32 Å². The first-order valence-electron chi connectivity index (χ1n) is 5.06. The summed E-state index contributed by atoms with van der Waals surface area (Å²) in [6, 6.07) is 6.03. The van der Waals surface area contributed by atoms with Crippen molar-refractivity contribution >= 4 is 45.8 Å². The first kappa shape index (κ1) is 13.6. The van der Waals surface area contributed by atoms with E-state index >= 15 is 0 Å². The maximum absolute atomic E-state index is 13.0. The van der Waals surface area contributed by atoms with Crippen molar-refractivity contribution in [3.8, 4) is 0 Å². The Morgan fingerprint density at radius 1 is 1.44 bits per heavy atom. The zero-order chi connectivity index (χ0) is 13.1. The highest BCUT2D eigenvalue weighted by atomic mass is 79.9. The molecule has 94 valence electrons. The van der Waals surface area contributed by atoms with Crippen LogP contribution in [0, 0.1) is 5.82 Å². The average Bonchev–Trinajstić information content (AvgIpc) is 2.75. The molecule has 0 spiro atoms. The second kappa shape index (κ2) is 5.86. The number of halogens is 2. The summed E-state index contributed by atoms with van der Waals surface area (Å²) < 4.78 is 14.0. The third kappa shape index (κ3) is 3.34. The molecule has 6 heteroatoms. The van der Waals surface area contributed by atoms with Gasteiger partial charge in [0.2, 0.25) is 0 Å². The lowest BCUT2D eigenvalue weighted by molar-refractivity contribution is 0.0951. The summed E-state index contributed by atoms with van der Waals surface area (Å²) in [6.45, 7) is 0.453. The van der Waals surface area contributed by atoms with Crippen LogP contribution in [0.2, 0.25) is 0 Å². The van der Waals surface area contributed by atoms with E-state index in [-0.39, 0.29) is 10.8 Å². The van der Waals surface area contributed by atoms with Gasteiger partial charge in [-0.2, -0.15) is 0 Å². The van der Waals surface area contributed by atoms with E-state index in [1.165, 1.54) is 18.2 Å². The van der Waals surface area contributed by atoms with Gasteiger partial charge in [0.1, 0.15) is 5.82 Å². The standard InChI is InChI=1S/C12H9BrFNOS2/c13-8-4-9(18-6-8)5-15-12(16)7-1-2-10(14)11(17)3-7/h1-4,6,17H,5H2,(H,15,16). The minimum absolute atomic E-state index is 0.168. The van der Waals surface area contributed by atoms with Crippen LogP contribution in [0.1, 0.15) is 15.2 Å². The molecule has 0 radical (unpaired) electrons. The van der Waals surface area contributed by atoms with Gasteiger partial charge < -0.3 is 5.32 Å². The van der Waals surface area contributed by atoms with Gasteiger partial charge in [-0.15, -0.1) is 24.0 Å². The van der Waals surface area contributed by atoms with Crippen molar-refractivity contribution < 1.29 is 9.18 Å². The quantitative estimate of drug-likeness (QED) is 0.812. The van der Waals surface area contributed by atoms with Gasteiger partial charge in [0.25, 0.3) is 5.91 Å². The molecule has 0 aliphatic heterocycles. The average molecular weight is 346 g/mol. The number of rotatable bonds is 3. The molecule has 1 aromatic carbocycles. The van der Waals surface area contributed by atoms with E-state index in [1.807, 2.05) is 11.4 Å². The van der Waals surface area contributed by atoms with E-state index in [9.17, 15) is 9.18 Å². The molecule has 18 heavy (non-hydrogen) atoms. The molecule has 0 aliphatic carbocycles. The maximum atomic E-state index is 13.0. The molecule has 2 aromatic rings. The van der Waals surface area contributed by atoms with Crippen LogP contribution in [0.4, 0.5) is 4.39 Å². The van der Waals surface area contributed by atoms with Crippen LogP contribution in [0.25, 0.3) is 0 Å². The smallest absolute Gasteiger partial charge is 0.251 e. The van der Waals surface area contributed by atoms with Crippen molar-refractivity contribution in [2.24, 2.45) is 0 Å². The highest BCUT2D eigenvalue weighted by Gasteiger charge is 2.08. The molecule has 1 amide bonds. The predicted molar refractivity (Wildman–Crippen MR) is 76.8 cm³/mol. The van der Waals surface area contributed by atoms with Gasteiger partial charge in [0, 0.05) is 25.2 Å². The third-order valence-corrected chi connectivity index (χ3v) is 4.29. The van der Waals surface area contributed by atoms with E-state index in [0.29, 0.717) is 12.1 Å². The summed E-state index contributed by atoms with van der Waals surface area (Å²) in [5, 5.41) is 4.72. The lowest BCUT2D eigenvalue weighted by Gasteiger charge is -2.04. The van der Waals surface area contributed by atoms with Gasteiger partial charge in [-0.1, -0.05) is 0 Å². The second-order valence-electron chi connectivity index (χ2n) is 3.58. The van der Waals surface area contributed by atoms with Crippen LogP contribution < -0.4 is 5.32 Å². The lowest BCUT2D eigenvalue weighted by atomic mass is 10.2. The Kier molecular flexibility index (Phi) is 4.42. The largest absolute Gasteiger partial charge is 0.347 e. The molecule has 0 aliphatic rings. The highest BCUT2D eigenvalue weighted by Crippen LogP contribution is 2.19. The summed E-state index contributed by atoms with van der Waals surface area (Å²) in [4.78, 5) is 13.0. The Morgan fingerprint density at radius 3 is 2.83 bits per heavy atom. The van der Waals surface area contributed by atoms with Crippen LogP contribution in [-0.4, -0.2) is 5.91 Å². The summed E-state index contributed by atoms with van der Waals surface area (Å²) >= 11 is 8.85. The topological polar surface area (TPSA) is 29.1 Å². The number of carbonyl (C=O) groups is 1. The minimum Gasteiger partial charge on any atom is -0.347 e. The van der Waals surface area contributed by atoms with E-state index in [2.05, 4.69) is 33.9 Å². The van der Waals surface area contributed by atoms with Gasteiger partial charge >= 0.3 is 0 Å². The monoisotopic (exact) mass is 345 g/mol. The highest BCUT2D eigenvalue weighted by molar-refractivity contribution is 9.10. The number of hydrogen-bond donors (Lipinski definition) is 2. The van der Waals surface area contributed by atoms with Gasteiger partial charge in [-0.05, 0) is 40.2 Å². The Balaban J connectivity index is 2.01. The molecular weight excluding hydrogens is 337 g/mol. The second-order valence-corrected chi connectivity index (χ2v) is 5.97. The molecule has 1 N–H and O–H groups in total. The number of benzene rings is 1. The van der Waals surface area contributed by atoms with Crippen molar-refractivity contribution in [3.05, 3.63) is 50.4 Å². The Labute approximate surface area is 122 Å². The van der Waals surface area contributed by atoms with E-state index < -0.39 is 5.82 Å². The normalized spacial score (nSPS) is 10.4. The Morgan fingerprint density at radius 2 is 2.22 bits per heavy atom. The number of hydrogen-bond acceptors (Lipinski definition) is 3. The predicted octanol–water partition coefficient (Wildman–Crippen LogP) is 3.87. The first-order valence-corrected chi connectivity index (χ1v) is 7.18. The van der Waals surface area contributed by atoms with E-state index in [4.69, 9.17) is 0 Å². The molecule has 0 unspecified atom stereocenters. The van der Waals surface area contributed by atoms with Crippen LogP contribution >= 0.6 is 39.9 Å². The number of thiol groups is 1. The SMILES string of the molecule is O=C(NCc1cc(Br)cs1)c1ccc(F)c(S)c1. The molecule has 0 bridgehead atoms. The number of thiophene rings is 1. The van der Waals surface area contributed by atoms with Crippen molar-refractivity contribution in [2.45, 2.75) is 11.4 Å². The van der Waals surface area contributed by atoms with E-state index in [0.717, 1.165) is 9.35 Å². The van der Waals surface area contributed by atoms with Crippen LogP contribution in [0.15, 0.2) is 39.0 Å². The number of carbonyl (C=O) groups excluding carboxylic acids is 1. The molecule has 1 heterocycles. The van der Waals surface area contributed by atoms with Gasteiger partial charge in [-0.25, -0.2) is 4.39 Å². The summed E-state index contributed by atoms with van der Waals surface area (Å²) in [7, 11) is 0. The van der Waals surface area contributed by atoms with Crippen molar-refractivity contribution in [3.63, 3.8) is 0 Å². The van der Waals surface area contributed by atoms with E-state index in [1.54, 1.807) is 11.3 Å². The number of nitrogens with one attached hydrogen (secondary N) is 1. The molecule has 2 rings (SSSR count). The third-order valence-electron chi connectivity index (χ3n) is 2.25. The van der Waals surface area contributed by atoms with Crippen LogP contribution in [-0.2, 0) is 6.54 Å². The fourth-order valence-electron chi connectivity index (χ4n) is 1.37. The zero-order valence-corrected chi connectivity index (χ0v) is 12.4. The van der Waals surface area contributed by atoms with Crippen molar-refractivity contribution in [1.29, 1.82) is 0 Å². The zero-order valence-electron chi connectivity index (χ0n) is 9.11. The fourth-order valence-corrected chi connectivity index (χ4v) is 2.97. The van der Waals surface area contributed by atoms with Gasteiger partial charge in [0.15, 0.2) is 0 Å². The van der Waals surface area contributed by atoms with Gasteiger partial charge in [0.05, 0.1) is 6.54 Å². The van der Waals surface area contributed by atoms with Crippen LogP contribution in [0.3, 0.4) is 0 Å². The molecule has 2 nitrogen and oxygen atoms in total. The minimum atomic E-state index is -0.433. The van der Waals surface area contributed by atoms with Crippen molar-refractivity contribution in [2.75, 3.05) is 0 Å². The van der Waals surface area contributed by atoms with Gasteiger partial charge in [-0.3, -0.25) is 4.79 Å². The first-order chi connectivity index (χ1) is 8.56. The molecule has 1 aromatic heterocycles. The summed E-state index contributed by atoms with van der Waals surface area (Å²) in [5.74, 6) is -0.674. The lowest BCUT2D eigenvalue weighted by Crippen LogP contribution is -2.22. The molecule has 0 fully saturated rings. The number of amides is 1. The Bertz CT molecular complexity index is 585. The molecule has 0 saturated heterocycles. The Hall–Kier alpha value is -0.850.